The van der Waals surface area contributed by atoms with Gasteiger partial charge in [0, 0.05) is 24.6 Å². The van der Waals surface area contributed by atoms with E-state index in [-0.39, 0.29) is 29.8 Å². The van der Waals surface area contributed by atoms with Crippen molar-refractivity contribution < 1.29 is 14.0 Å². The number of hydrogen-bond acceptors (Lipinski definition) is 2. The topological polar surface area (TPSA) is 37.4 Å². The highest BCUT2D eigenvalue weighted by atomic mass is 19.1. The van der Waals surface area contributed by atoms with Crippen molar-refractivity contribution >= 4 is 11.7 Å². The minimum absolute atomic E-state index is 0.0161. The minimum atomic E-state index is -0.299. The van der Waals surface area contributed by atoms with E-state index in [1.54, 1.807) is 12.1 Å². The van der Waals surface area contributed by atoms with Gasteiger partial charge in [-0.2, -0.15) is 0 Å². The van der Waals surface area contributed by atoms with Crippen LogP contribution in [0.3, 0.4) is 0 Å². The number of Topliss-reactive ketones (excluding diaryl/α,β-unsaturated/α-hetero) is 1. The van der Waals surface area contributed by atoms with Crippen molar-refractivity contribution in [1.82, 2.24) is 4.90 Å². The number of halogens is 1. The fourth-order valence-corrected chi connectivity index (χ4v) is 3.23. The van der Waals surface area contributed by atoms with Gasteiger partial charge in [0.1, 0.15) is 5.82 Å². The van der Waals surface area contributed by atoms with Crippen LogP contribution in [0.5, 0.6) is 0 Å². The number of likely N-dealkylation sites (tertiary alicyclic amines) is 1. The highest BCUT2D eigenvalue weighted by Crippen LogP contribution is 2.22. The summed E-state index contributed by atoms with van der Waals surface area (Å²) in [7, 11) is 0. The fourth-order valence-electron chi connectivity index (χ4n) is 3.23. The second-order valence-corrected chi connectivity index (χ2v) is 6.69. The molecule has 1 amide bonds. The number of piperidine rings is 1. The van der Waals surface area contributed by atoms with E-state index in [4.69, 9.17) is 0 Å². The molecule has 1 heterocycles. The van der Waals surface area contributed by atoms with Crippen molar-refractivity contribution in [3.63, 3.8) is 0 Å². The van der Waals surface area contributed by atoms with Crippen LogP contribution >= 0.6 is 0 Å². The maximum absolute atomic E-state index is 12.9. The van der Waals surface area contributed by atoms with E-state index in [1.807, 2.05) is 36.1 Å². The molecule has 2 aromatic rings. The molecule has 1 fully saturated rings. The second kappa shape index (κ2) is 7.60. The highest BCUT2D eigenvalue weighted by molar-refractivity contribution is 5.98. The van der Waals surface area contributed by atoms with Gasteiger partial charge in [0.15, 0.2) is 5.78 Å². The Balaban J connectivity index is 1.54. The molecule has 0 aliphatic carbocycles. The third kappa shape index (κ3) is 4.32. The number of aryl methyl sites for hydroxylation is 1. The van der Waals surface area contributed by atoms with Crippen molar-refractivity contribution in [3.05, 3.63) is 71.0 Å². The molecule has 130 valence electrons. The predicted octanol–water partition coefficient (Wildman–Crippen LogP) is 3.80. The van der Waals surface area contributed by atoms with E-state index in [1.165, 1.54) is 12.1 Å². The maximum Gasteiger partial charge on any atom is 0.226 e. The Morgan fingerprint density at radius 3 is 2.20 bits per heavy atom. The first-order valence-corrected chi connectivity index (χ1v) is 8.66. The van der Waals surface area contributed by atoms with Crippen LogP contribution in [-0.4, -0.2) is 29.7 Å². The van der Waals surface area contributed by atoms with Crippen LogP contribution in [0.2, 0.25) is 0 Å². The lowest BCUT2D eigenvalue weighted by Gasteiger charge is -2.31. The van der Waals surface area contributed by atoms with Gasteiger partial charge in [0.25, 0.3) is 0 Å². The SMILES string of the molecule is Cc1ccc(C(=O)C2CCN(C(=O)Cc3ccc(F)cc3)CC2)cc1. The molecule has 0 bridgehead atoms. The molecule has 0 saturated carbocycles. The number of nitrogens with zero attached hydrogens (tertiary/aromatic N) is 1. The van der Waals surface area contributed by atoms with Gasteiger partial charge >= 0.3 is 0 Å². The zero-order chi connectivity index (χ0) is 17.8. The van der Waals surface area contributed by atoms with E-state index in [0.717, 1.165) is 16.7 Å². The predicted molar refractivity (Wildman–Crippen MR) is 94.9 cm³/mol. The van der Waals surface area contributed by atoms with Crippen LogP contribution in [-0.2, 0) is 11.2 Å². The summed E-state index contributed by atoms with van der Waals surface area (Å²) >= 11 is 0. The Morgan fingerprint density at radius 1 is 1.00 bits per heavy atom. The average Bonchev–Trinajstić information content (AvgIpc) is 2.64. The van der Waals surface area contributed by atoms with E-state index >= 15 is 0 Å². The van der Waals surface area contributed by atoms with Gasteiger partial charge in [-0.15, -0.1) is 0 Å². The van der Waals surface area contributed by atoms with Crippen molar-refractivity contribution in [1.29, 1.82) is 0 Å². The summed E-state index contributed by atoms with van der Waals surface area (Å²) in [6.45, 7) is 3.20. The lowest BCUT2D eigenvalue weighted by molar-refractivity contribution is -0.131. The number of rotatable bonds is 4. The lowest BCUT2D eigenvalue weighted by Crippen LogP contribution is -2.41. The molecule has 0 N–H and O–H groups in total. The molecule has 0 atom stereocenters. The largest absolute Gasteiger partial charge is 0.342 e. The van der Waals surface area contributed by atoms with Crippen LogP contribution in [0.15, 0.2) is 48.5 Å². The van der Waals surface area contributed by atoms with E-state index in [2.05, 4.69) is 0 Å². The first-order valence-electron chi connectivity index (χ1n) is 8.66. The molecule has 1 aliphatic rings. The molecule has 0 radical (unpaired) electrons. The highest BCUT2D eigenvalue weighted by Gasteiger charge is 2.27. The summed E-state index contributed by atoms with van der Waals surface area (Å²) in [5.74, 6) is -0.109. The number of ketones is 1. The van der Waals surface area contributed by atoms with Crippen molar-refractivity contribution in [3.8, 4) is 0 Å². The van der Waals surface area contributed by atoms with Crippen molar-refractivity contribution in [2.75, 3.05) is 13.1 Å². The van der Waals surface area contributed by atoms with Crippen LogP contribution in [0, 0.1) is 18.7 Å². The molecule has 0 spiro atoms. The third-order valence-electron chi connectivity index (χ3n) is 4.82. The molecule has 1 aliphatic heterocycles. The lowest BCUT2D eigenvalue weighted by atomic mass is 9.88. The normalized spacial score (nSPS) is 15.2. The van der Waals surface area contributed by atoms with Crippen LogP contribution in [0.1, 0.15) is 34.3 Å². The zero-order valence-electron chi connectivity index (χ0n) is 14.4. The second-order valence-electron chi connectivity index (χ2n) is 6.69. The summed E-state index contributed by atoms with van der Waals surface area (Å²) in [5, 5.41) is 0. The molecular weight excluding hydrogens is 317 g/mol. The Hall–Kier alpha value is -2.49. The molecule has 3 rings (SSSR count). The third-order valence-corrected chi connectivity index (χ3v) is 4.82. The van der Waals surface area contributed by atoms with Crippen molar-refractivity contribution in [2.45, 2.75) is 26.2 Å². The molecule has 1 saturated heterocycles. The van der Waals surface area contributed by atoms with E-state index < -0.39 is 0 Å². The van der Waals surface area contributed by atoms with Gasteiger partial charge in [-0.3, -0.25) is 9.59 Å². The van der Waals surface area contributed by atoms with Gasteiger partial charge in [-0.05, 0) is 37.5 Å². The summed E-state index contributed by atoms with van der Waals surface area (Å²) in [6.07, 6.45) is 1.67. The van der Waals surface area contributed by atoms with Crippen molar-refractivity contribution in [2.24, 2.45) is 5.92 Å². The van der Waals surface area contributed by atoms with Crippen LogP contribution in [0.25, 0.3) is 0 Å². The molecule has 2 aromatic carbocycles. The van der Waals surface area contributed by atoms with E-state index in [9.17, 15) is 14.0 Å². The van der Waals surface area contributed by atoms with Gasteiger partial charge in [0.05, 0.1) is 6.42 Å². The quantitative estimate of drug-likeness (QED) is 0.795. The number of carbonyl (C=O) groups excluding carboxylic acids is 2. The smallest absolute Gasteiger partial charge is 0.226 e. The Morgan fingerprint density at radius 2 is 1.60 bits per heavy atom. The summed E-state index contributed by atoms with van der Waals surface area (Å²) in [5.41, 5.74) is 2.70. The van der Waals surface area contributed by atoms with Gasteiger partial charge < -0.3 is 4.90 Å². The molecular formula is C21H22FNO2. The molecule has 4 heteroatoms. The minimum Gasteiger partial charge on any atom is -0.342 e. The first-order chi connectivity index (χ1) is 12.0. The summed E-state index contributed by atoms with van der Waals surface area (Å²) in [4.78, 5) is 26.8. The fraction of sp³-hybridized carbons (Fsp3) is 0.333. The Labute approximate surface area is 147 Å². The number of benzene rings is 2. The molecule has 0 aromatic heterocycles. The monoisotopic (exact) mass is 339 g/mol. The standard InChI is InChI=1S/C21H22FNO2/c1-15-2-6-17(7-3-15)21(25)18-10-12-23(13-11-18)20(24)14-16-4-8-19(22)9-5-16/h2-9,18H,10-14H2,1H3. The van der Waals surface area contributed by atoms with Crippen LogP contribution < -0.4 is 0 Å². The van der Waals surface area contributed by atoms with E-state index in [0.29, 0.717) is 25.9 Å². The number of carbonyl (C=O) groups is 2. The number of amides is 1. The average molecular weight is 339 g/mol. The number of hydrogen-bond donors (Lipinski definition) is 0. The Bertz CT molecular complexity index is 744. The first kappa shape index (κ1) is 17.3. The summed E-state index contributed by atoms with van der Waals surface area (Å²) in [6, 6.07) is 13.7. The zero-order valence-corrected chi connectivity index (χ0v) is 14.4. The summed E-state index contributed by atoms with van der Waals surface area (Å²) < 4.78 is 12.9. The van der Waals surface area contributed by atoms with Gasteiger partial charge in [-0.1, -0.05) is 42.0 Å². The van der Waals surface area contributed by atoms with Gasteiger partial charge in [-0.25, -0.2) is 4.39 Å². The van der Waals surface area contributed by atoms with Crippen LogP contribution in [0.4, 0.5) is 4.39 Å². The molecule has 0 unspecified atom stereocenters. The molecule has 25 heavy (non-hydrogen) atoms. The maximum atomic E-state index is 12.9. The van der Waals surface area contributed by atoms with Gasteiger partial charge in [0.2, 0.25) is 5.91 Å². The Kier molecular flexibility index (Phi) is 5.27. The molecule has 3 nitrogen and oxygen atoms in total.